The number of hydrogen-bond acceptors (Lipinski definition) is 5. The van der Waals surface area contributed by atoms with Crippen molar-refractivity contribution >= 4 is 5.97 Å². The van der Waals surface area contributed by atoms with E-state index in [9.17, 15) is 9.90 Å². The van der Waals surface area contributed by atoms with Gasteiger partial charge in [0.1, 0.15) is 0 Å². The molecule has 1 aromatic rings. The van der Waals surface area contributed by atoms with Crippen molar-refractivity contribution in [1.29, 1.82) is 0 Å². The van der Waals surface area contributed by atoms with Crippen molar-refractivity contribution in [3.63, 3.8) is 0 Å². The van der Waals surface area contributed by atoms with E-state index in [-0.39, 0.29) is 0 Å². The minimum absolute atomic E-state index is 0.340. The van der Waals surface area contributed by atoms with Crippen molar-refractivity contribution < 1.29 is 14.6 Å². The molecule has 1 saturated carbocycles. The molecule has 1 heterocycles. The molecule has 0 amide bonds. The fraction of sp³-hybridized carbons (Fsp3) is 0.833. The van der Waals surface area contributed by atoms with Crippen LogP contribution in [0.4, 0.5) is 0 Å². The number of carboxylic acid groups (broad SMARTS) is 1. The molecule has 0 bridgehead atoms. The molecule has 2 rings (SSSR count). The Labute approximate surface area is 111 Å². The number of nitrogens with zero attached hydrogens (tertiary/aromatic N) is 4. The highest BCUT2D eigenvalue weighted by Gasteiger charge is 2.36. The van der Waals surface area contributed by atoms with Gasteiger partial charge in [-0.25, -0.2) is 9.48 Å². The average Bonchev–Trinajstić information content (AvgIpc) is 2.74. The van der Waals surface area contributed by atoms with Gasteiger partial charge in [0.05, 0.1) is 6.10 Å². The minimum Gasteiger partial charge on any atom is -0.479 e. The molecule has 0 unspecified atom stereocenters. The molecule has 0 spiro atoms. The zero-order valence-corrected chi connectivity index (χ0v) is 11.5. The lowest BCUT2D eigenvalue weighted by molar-refractivity contribution is -0.146. The average molecular weight is 268 g/mol. The summed E-state index contributed by atoms with van der Waals surface area (Å²) in [6.07, 6.45) is 3.03. The quantitative estimate of drug-likeness (QED) is 0.822. The normalized spacial score (nSPS) is 23.1. The van der Waals surface area contributed by atoms with Crippen LogP contribution in [0.25, 0.3) is 0 Å². The Balaban J connectivity index is 2.00. The summed E-state index contributed by atoms with van der Waals surface area (Å²) < 4.78 is 6.92. The third-order valence-corrected chi connectivity index (χ3v) is 3.65. The van der Waals surface area contributed by atoms with Gasteiger partial charge >= 0.3 is 5.97 Å². The molecule has 1 N–H and O–H groups in total. The van der Waals surface area contributed by atoms with Crippen LogP contribution in [0, 0.1) is 5.92 Å². The molecule has 1 aliphatic rings. The van der Waals surface area contributed by atoms with Gasteiger partial charge < -0.3 is 9.84 Å². The first-order valence-corrected chi connectivity index (χ1v) is 6.57. The fourth-order valence-corrected chi connectivity index (χ4v) is 2.33. The van der Waals surface area contributed by atoms with Crippen molar-refractivity contribution in [3.05, 3.63) is 5.82 Å². The lowest BCUT2D eigenvalue weighted by Crippen LogP contribution is -2.39. The van der Waals surface area contributed by atoms with E-state index < -0.39 is 11.5 Å². The summed E-state index contributed by atoms with van der Waals surface area (Å²) in [5, 5.41) is 20.6. The van der Waals surface area contributed by atoms with E-state index in [1.165, 1.54) is 4.68 Å². The Morgan fingerprint density at radius 3 is 2.79 bits per heavy atom. The minimum atomic E-state index is -1.12. The first-order valence-electron chi connectivity index (χ1n) is 6.57. The molecule has 0 radical (unpaired) electrons. The van der Waals surface area contributed by atoms with Gasteiger partial charge in [-0.05, 0) is 50.0 Å². The SMILES string of the molecule is CCOC1CC(Cc2nnnn2C(C)(C)C(=O)O)C1. The van der Waals surface area contributed by atoms with Crippen LogP contribution < -0.4 is 0 Å². The predicted molar refractivity (Wildman–Crippen MR) is 66.6 cm³/mol. The Hall–Kier alpha value is -1.50. The summed E-state index contributed by atoms with van der Waals surface area (Å²) in [5.74, 6) is 0.167. The molecule has 0 saturated heterocycles. The summed E-state index contributed by atoms with van der Waals surface area (Å²) in [4.78, 5) is 11.2. The van der Waals surface area contributed by atoms with Crippen molar-refractivity contribution in [2.75, 3.05) is 6.61 Å². The Morgan fingerprint density at radius 2 is 2.21 bits per heavy atom. The van der Waals surface area contributed by atoms with Gasteiger partial charge in [-0.1, -0.05) is 0 Å². The van der Waals surface area contributed by atoms with Gasteiger partial charge in [0.2, 0.25) is 0 Å². The second-order valence-corrected chi connectivity index (χ2v) is 5.49. The second-order valence-electron chi connectivity index (χ2n) is 5.49. The first-order chi connectivity index (χ1) is 8.95. The maximum Gasteiger partial charge on any atom is 0.331 e. The molecule has 106 valence electrons. The van der Waals surface area contributed by atoms with Crippen LogP contribution in [0.3, 0.4) is 0 Å². The van der Waals surface area contributed by atoms with E-state index in [1.807, 2.05) is 6.92 Å². The van der Waals surface area contributed by atoms with Crippen LogP contribution in [0.5, 0.6) is 0 Å². The van der Waals surface area contributed by atoms with Gasteiger partial charge in [-0.2, -0.15) is 0 Å². The van der Waals surface area contributed by atoms with Crippen molar-refractivity contribution in [2.45, 2.75) is 51.7 Å². The van der Waals surface area contributed by atoms with E-state index in [0.29, 0.717) is 24.3 Å². The lowest BCUT2D eigenvalue weighted by Gasteiger charge is -2.35. The smallest absolute Gasteiger partial charge is 0.331 e. The van der Waals surface area contributed by atoms with E-state index in [1.54, 1.807) is 13.8 Å². The van der Waals surface area contributed by atoms with Crippen molar-refractivity contribution in [3.8, 4) is 0 Å². The maximum absolute atomic E-state index is 11.2. The second kappa shape index (κ2) is 5.24. The Bertz CT molecular complexity index is 452. The van der Waals surface area contributed by atoms with Gasteiger partial charge in [0, 0.05) is 13.0 Å². The number of hydrogen-bond donors (Lipinski definition) is 1. The van der Waals surface area contributed by atoms with Crippen molar-refractivity contribution in [1.82, 2.24) is 20.2 Å². The number of aromatic nitrogens is 4. The summed E-state index contributed by atoms with van der Waals surface area (Å²) in [7, 11) is 0. The third-order valence-electron chi connectivity index (χ3n) is 3.65. The predicted octanol–water partition coefficient (Wildman–Crippen LogP) is 0.850. The zero-order chi connectivity index (χ0) is 14.0. The molecule has 0 aromatic carbocycles. The molecular weight excluding hydrogens is 248 g/mol. The van der Waals surface area contributed by atoms with Crippen LogP contribution in [0.15, 0.2) is 0 Å². The maximum atomic E-state index is 11.2. The first kappa shape index (κ1) is 13.9. The van der Waals surface area contributed by atoms with Crippen LogP contribution >= 0.6 is 0 Å². The van der Waals surface area contributed by atoms with Crippen LogP contribution in [-0.2, 0) is 21.5 Å². The zero-order valence-electron chi connectivity index (χ0n) is 11.5. The Kier molecular flexibility index (Phi) is 3.84. The number of rotatable bonds is 6. The monoisotopic (exact) mass is 268 g/mol. The topological polar surface area (TPSA) is 90.1 Å². The molecule has 1 aromatic heterocycles. The number of tetrazole rings is 1. The van der Waals surface area contributed by atoms with Crippen molar-refractivity contribution in [2.24, 2.45) is 5.92 Å². The Morgan fingerprint density at radius 1 is 1.53 bits per heavy atom. The van der Waals surface area contributed by atoms with Crippen LogP contribution in [0.1, 0.15) is 39.4 Å². The third kappa shape index (κ3) is 2.75. The molecule has 7 heteroatoms. The van der Waals surface area contributed by atoms with Gasteiger partial charge in [0.15, 0.2) is 11.4 Å². The summed E-state index contributed by atoms with van der Waals surface area (Å²) in [6, 6.07) is 0. The molecular formula is C12H20N4O3. The van der Waals surface area contributed by atoms with E-state index >= 15 is 0 Å². The molecule has 7 nitrogen and oxygen atoms in total. The number of aliphatic carboxylic acids is 1. The molecule has 19 heavy (non-hydrogen) atoms. The highest BCUT2D eigenvalue weighted by Crippen LogP contribution is 2.33. The molecule has 1 aliphatic carbocycles. The summed E-state index contributed by atoms with van der Waals surface area (Å²) >= 11 is 0. The molecule has 0 aliphatic heterocycles. The fourth-order valence-electron chi connectivity index (χ4n) is 2.33. The highest BCUT2D eigenvalue weighted by atomic mass is 16.5. The highest BCUT2D eigenvalue weighted by molar-refractivity contribution is 5.75. The van der Waals surface area contributed by atoms with Crippen LogP contribution in [-0.4, -0.2) is 44.0 Å². The van der Waals surface area contributed by atoms with E-state index in [4.69, 9.17) is 4.74 Å². The van der Waals surface area contributed by atoms with Gasteiger partial charge in [-0.15, -0.1) is 5.10 Å². The van der Waals surface area contributed by atoms with Gasteiger partial charge in [0.25, 0.3) is 0 Å². The number of carboxylic acids is 1. The lowest BCUT2D eigenvalue weighted by atomic mass is 9.80. The molecule has 1 fully saturated rings. The summed E-state index contributed by atoms with van der Waals surface area (Å²) in [6.45, 7) is 5.92. The van der Waals surface area contributed by atoms with Crippen LogP contribution in [0.2, 0.25) is 0 Å². The van der Waals surface area contributed by atoms with E-state index in [0.717, 1.165) is 19.4 Å². The van der Waals surface area contributed by atoms with Gasteiger partial charge in [-0.3, -0.25) is 0 Å². The summed E-state index contributed by atoms with van der Waals surface area (Å²) in [5.41, 5.74) is -1.12. The van der Waals surface area contributed by atoms with E-state index in [2.05, 4.69) is 15.5 Å². The largest absolute Gasteiger partial charge is 0.479 e. The number of carbonyl (C=O) groups is 1. The standard InChI is InChI=1S/C12H20N4O3/c1-4-19-9-5-8(6-9)7-10-13-14-15-16(10)12(2,3)11(17)18/h8-9H,4-7H2,1-3H3,(H,17,18). The molecule has 0 atom stereocenters. The number of ether oxygens (including phenoxy) is 1.